The molecule has 7 heteroatoms. The van der Waals surface area contributed by atoms with Gasteiger partial charge in [0.1, 0.15) is 11.4 Å². The van der Waals surface area contributed by atoms with Crippen LogP contribution in [-0.2, 0) is 0 Å². The summed E-state index contributed by atoms with van der Waals surface area (Å²) in [5.74, 6) is 0.743. The van der Waals surface area contributed by atoms with Gasteiger partial charge < -0.3 is 19.9 Å². The summed E-state index contributed by atoms with van der Waals surface area (Å²) in [7, 11) is 1.62. The molecule has 0 aromatic heterocycles. The quantitative estimate of drug-likeness (QED) is 0.574. The zero-order chi connectivity index (χ0) is 19.1. The van der Waals surface area contributed by atoms with Gasteiger partial charge in [-0.1, -0.05) is 0 Å². The van der Waals surface area contributed by atoms with Crippen molar-refractivity contribution in [2.75, 3.05) is 38.2 Å². The molecule has 0 atom stereocenters. The van der Waals surface area contributed by atoms with Crippen molar-refractivity contribution >= 4 is 16.6 Å². The molecular weight excluding hydrogens is 354 g/mol. The van der Waals surface area contributed by atoms with Gasteiger partial charge in [0.15, 0.2) is 0 Å². The van der Waals surface area contributed by atoms with Crippen LogP contribution in [0.1, 0.15) is 0 Å². The van der Waals surface area contributed by atoms with Gasteiger partial charge >= 0.3 is 0 Å². The fraction of sp³-hybridized carbons (Fsp3) is 0.238. The highest BCUT2D eigenvalue weighted by atomic mass is 16.5. The van der Waals surface area contributed by atoms with Crippen LogP contribution in [0.4, 0.5) is 5.69 Å². The number of piperazine rings is 1. The molecule has 0 aliphatic carbocycles. The molecule has 0 amide bonds. The highest BCUT2D eigenvalue weighted by Crippen LogP contribution is 2.29. The molecule has 0 saturated carbocycles. The second kappa shape index (κ2) is 6.69. The zero-order valence-corrected chi connectivity index (χ0v) is 15.6. The Balaban J connectivity index is 1.61. The summed E-state index contributed by atoms with van der Waals surface area (Å²) >= 11 is 0. The van der Waals surface area contributed by atoms with Crippen LogP contribution < -0.4 is 20.5 Å². The summed E-state index contributed by atoms with van der Waals surface area (Å²) in [6.45, 7) is 3.97. The van der Waals surface area contributed by atoms with Crippen molar-refractivity contribution in [2.24, 2.45) is 0 Å². The number of aromatic nitrogens is 3. The van der Waals surface area contributed by atoms with Crippen molar-refractivity contribution in [2.45, 2.75) is 0 Å². The van der Waals surface area contributed by atoms with Crippen molar-refractivity contribution in [3.8, 4) is 22.7 Å². The lowest BCUT2D eigenvalue weighted by Crippen LogP contribution is -2.43. The van der Waals surface area contributed by atoms with E-state index in [0.717, 1.165) is 42.8 Å². The molecule has 28 heavy (non-hydrogen) atoms. The Morgan fingerprint density at radius 2 is 1.79 bits per heavy atom. The number of rotatable bonds is 3. The van der Waals surface area contributed by atoms with Crippen LogP contribution >= 0.6 is 0 Å². The Morgan fingerprint density at radius 3 is 2.54 bits per heavy atom. The predicted octanol–water partition coefficient (Wildman–Crippen LogP) is 2.24. The molecule has 0 radical (unpaired) electrons. The number of ether oxygens (including phenoxy) is 1. The summed E-state index contributed by atoms with van der Waals surface area (Å²) in [4.78, 5) is 18.5. The van der Waals surface area contributed by atoms with Gasteiger partial charge in [-0.25, -0.2) is 0 Å². The normalized spacial score (nSPS) is 14.7. The van der Waals surface area contributed by atoms with Gasteiger partial charge in [0, 0.05) is 49.0 Å². The van der Waals surface area contributed by atoms with Crippen molar-refractivity contribution < 1.29 is 4.74 Å². The van der Waals surface area contributed by atoms with Crippen molar-refractivity contribution in [1.82, 2.24) is 20.1 Å². The third-order valence-corrected chi connectivity index (χ3v) is 5.31. The number of nitrogens with zero attached hydrogens (tertiary/aromatic N) is 3. The second-order valence-electron chi connectivity index (χ2n) is 6.93. The highest BCUT2D eigenvalue weighted by molar-refractivity contribution is 5.95. The molecular formula is C21H21N5O2. The first-order chi connectivity index (χ1) is 13.7. The Hall–Kier alpha value is -3.32. The minimum Gasteiger partial charge on any atom is -0.497 e. The fourth-order valence-electron chi connectivity index (χ4n) is 3.77. The second-order valence-corrected chi connectivity index (χ2v) is 6.93. The Bertz CT molecular complexity index is 1160. The Labute approximate surface area is 161 Å². The molecule has 3 aliphatic rings. The first-order valence-electron chi connectivity index (χ1n) is 9.39. The molecule has 0 spiro atoms. The third kappa shape index (κ3) is 2.71. The number of nitrogens with one attached hydrogen (secondary N) is 2. The predicted molar refractivity (Wildman–Crippen MR) is 110 cm³/mol. The van der Waals surface area contributed by atoms with E-state index in [4.69, 9.17) is 4.74 Å². The molecule has 1 saturated heterocycles. The van der Waals surface area contributed by atoms with Gasteiger partial charge in [-0.15, -0.1) is 0 Å². The van der Waals surface area contributed by atoms with E-state index in [2.05, 4.69) is 38.5 Å². The summed E-state index contributed by atoms with van der Waals surface area (Å²) in [6.07, 6.45) is 1.76. The van der Waals surface area contributed by atoms with Crippen LogP contribution in [0, 0.1) is 0 Å². The first kappa shape index (κ1) is 16.8. The molecule has 0 bridgehead atoms. The van der Waals surface area contributed by atoms with E-state index in [-0.39, 0.29) is 5.56 Å². The number of anilines is 1. The maximum atomic E-state index is 12.9. The van der Waals surface area contributed by atoms with Gasteiger partial charge in [-0.3, -0.25) is 4.79 Å². The molecule has 3 heterocycles. The number of fused-ring (bicyclic) bond motifs is 3. The lowest BCUT2D eigenvalue weighted by Gasteiger charge is -2.29. The van der Waals surface area contributed by atoms with Gasteiger partial charge in [0.05, 0.1) is 18.4 Å². The Morgan fingerprint density at radius 1 is 1.04 bits per heavy atom. The summed E-state index contributed by atoms with van der Waals surface area (Å²) in [5, 5.41) is 8.95. The summed E-state index contributed by atoms with van der Waals surface area (Å²) in [6, 6.07) is 13.6. The molecule has 2 N–H and O–H groups in total. The fourth-order valence-corrected chi connectivity index (χ4v) is 3.77. The average Bonchev–Trinajstić information content (AvgIpc) is 3.11. The molecule has 0 unspecified atom stereocenters. The van der Waals surface area contributed by atoms with Crippen LogP contribution in [0.25, 0.3) is 27.8 Å². The standard InChI is InChI=1S/C21H21N5O2/c1-28-16-5-2-14(3-6-16)26-21(27)18-13-23-19-12-15(25-10-8-22-9-11-25)4-7-17(19)20(18)24-26/h2-7,12-13,22-23H,8-11H2,1H3. The van der Waals surface area contributed by atoms with Gasteiger partial charge in [-0.05, 0) is 42.5 Å². The van der Waals surface area contributed by atoms with E-state index >= 15 is 0 Å². The van der Waals surface area contributed by atoms with E-state index in [1.807, 2.05) is 24.3 Å². The number of aromatic amines is 1. The van der Waals surface area contributed by atoms with Crippen LogP contribution in [0.3, 0.4) is 0 Å². The van der Waals surface area contributed by atoms with Crippen molar-refractivity contribution in [3.63, 3.8) is 0 Å². The largest absolute Gasteiger partial charge is 0.497 e. The number of hydrogen-bond donors (Lipinski definition) is 2. The molecule has 2 aromatic rings. The van der Waals surface area contributed by atoms with Crippen LogP contribution in [0.5, 0.6) is 5.75 Å². The van der Waals surface area contributed by atoms with E-state index in [9.17, 15) is 4.79 Å². The molecule has 142 valence electrons. The number of methoxy groups -OCH3 is 1. The Kier molecular flexibility index (Phi) is 4.02. The molecule has 5 rings (SSSR count). The van der Waals surface area contributed by atoms with Crippen LogP contribution in [0.2, 0.25) is 0 Å². The number of benzene rings is 2. The maximum absolute atomic E-state index is 12.9. The minimum absolute atomic E-state index is 0.135. The van der Waals surface area contributed by atoms with E-state index in [0.29, 0.717) is 16.9 Å². The van der Waals surface area contributed by atoms with Gasteiger partial charge in [-0.2, -0.15) is 9.78 Å². The zero-order valence-electron chi connectivity index (χ0n) is 15.6. The van der Waals surface area contributed by atoms with E-state index in [1.54, 1.807) is 13.3 Å². The first-order valence-corrected chi connectivity index (χ1v) is 9.39. The number of H-pyrrole nitrogens is 1. The van der Waals surface area contributed by atoms with Gasteiger partial charge in [0.2, 0.25) is 0 Å². The minimum atomic E-state index is -0.135. The smallest absolute Gasteiger partial charge is 0.282 e. The van der Waals surface area contributed by atoms with Crippen LogP contribution in [-0.4, -0.2) is 48.1 Å². The van der Waals surface area contributed by atoms with Crippen molar-refractivity contribution in [3.05, 3.63) is 59.0 Å². The van der Waals surface area contributed by atoms with E-state index in [1.165, 1.54) is 10.4 Å². The molecule has 1 fully saturated rings. The molecule has 2 aromatic carbocycles. The SMILES string of the molecule is COc1ccc(-n2nc3c4ccc(N5CCNCC5)cc4[nH]cc-3c2=O)cc1. The third-order valence-electron chi connectivity index (χ3n) is 5.31. The van der Waals surface area contributed by atoms with E-state index < -0.39 is 0 Å². The monoisotopic (exact) mass is 375 g/mol. The topological polar surface area (TPSA) is 75.2 Å². The lowest BCUT2D eigenvalue weighted by molar-refractivity contribution is 0.414. The summed E-state index contributed by atoms with van der Waals surface area (Å²) in [5.41, 5.74) is 4.03. The number of pyridine rings is 1. The van der Waals surface area contributed by atoms with Crippen molar-refractivity contribution in [1.29, 1.82) is 0 Å². The lowest BCUT2D eigenvalue weighted by atomic mass is 10.1. The average molecular weight is 375 g/mol. The maximum Gasteiger partial charge on any atom is 0.282 e. The number of hydrogen-bond acceptors (Lipinski definition) is 5. The summed E-state index contributed by atoms with van der Waals surface area (Å²) < 4.78 is 6.64. The van der Waals surface area contributed by atoms with Gasteiger partial charge in [0.25, 0.3) is 5.56 Å². The van der Waals surface area contributed by atoms with Crippen LogP contribution in [0.15, 0.2) is 53.5 Å². The molecule has 7 nitrogen and oxygen atoms in total. The molecule has 3 aliphatic heterocycles. The highest BCUT2D eigenvalue weighted by Gasteiger charge is 2.20.